The number of nitrogens with zero attached hydrogens (tertiary/aromatic N) is 4. The molecule has 0 unspecified atom stereocenters. The highest BCUT2D eigenvalue weighted by Crippen LogP contribution is 2.30. The van der Waals surface area contributed by atoms with Crippen LogP contribution in [0.5, 0.6) is 0 Å². The molecule has 9 heteroatoms. The molecule has 2 aliphatic rings. The van der Waals surface area contributed by atoms with Crippen molar-refractivity contribution in [3.63, 3.8) is 0 Å². The zero-order valence-electron chi connectivity index (χ0n) is 20.4. The zero-order valence-corrected chi connectivity index (χ0v) is 21.9. The standard InChI is InChI=1S/C26H32BrN5O3/c1-18(2)12-22-25(34)30(15-20-10-7-11-21(27)13-20)16-23-31(22)24(33)17-29(3)32(23)26(35)28-14-19-8-5-4-6-9-19/h4-11,13,18,22-23H,12,14-17H2,1-3H3,(H,28,35)/t22-,23-/m0/s1. The van der Waals surface area contributed by atoms with Crippen molar-refractivity contribution >= 4 is 33.8 Å². The molecule has 0 bridgehead atoms. The number of benzene rings is 2. The van der Waals surface area contributed by atoms with Crippen molar-refractivity contribution < 1.29 is 14.4 Å². The molecule has 2 atom stereocenters. The molecule has 8 nitrogen and oxygen atoms in total. The Kier molecular flexibility index (Phi) is 7.76. The number of urea groups is 1. The van der Waals surface area contributed by atoms with E-state index < -0.39 is 12.2 Å². The van der Waals surface area contributed by atoms with E-state index in [2.05, 4.69) is 21.2 Å². The fourth-order valence-corrected chi connectivity index (χ4v) is 5.28. The molecule has 2 aromatic rings. The molecule has 2 saturated heterocycles. The molecule has 2 aliphatic heterocycles. The first-order valence-corrected chi connectivity index (χ1v) is 12.7. The number of likely N-dealkylation sites (N-methyl/N-ethyl adjacent to an activating group) is 1. The number of amides is 4. The molecule has 0 aliphatic carbocycles. The second kappa shape index (κ2) is 10.8. The number of halogens is 1. The summed E-state index contributed by atoms with van der Waals surface area (Å²) in [6, 6.07) is 16.6. The summed E-state index contributed by atoms with van der Waals surface area (Å²) in [5.74, 6) is 0.00594. The minimum atomic E-state index is -0.605. The van der Waals surface area contributed by atoms with Crippen molar-refractivity contribution in [2.45, 2.75) is 45.6 Å². The molecule has 4 amide bonds. The third-order valence-electron chi connectivity index (χ3n) is 6.39. The topological polar surface area (TPSA) is 76.2 Å². The van der Waals surface area contributed by atoms with Crippen LogP contribution in [0.15, 0.2) is 59.1 Å². The smallest absolute Gasteiger partial charge is 0.333 e. The van der Waals surface area contributed by atoms with Crippen molar-refractivity contribution in [2.75, 3.05) is 20.1 Å². The number of carbonyl (C=O) groups excluding carboxylic acids is 3. The van der Waals surface area contributed by atoms with Crippen LogP contribution < -0.4 is 5.32 Å². The molecule has 186 valence electrons. The Hall–Kier alpha value is -2.91. The van der Waals surface area contributed by atoms with E-state index in [1.807, 2.05) is 68.4 Å². The number of fused-ring (bicyclic) bond motifs is 1. The van der Waals surface area contributed by atoms with Gasteiger partial charge in [-0.2, -0.15) is 0 Å². The first kappa shape index (κ1) is 25.2. The van der Waals surface area contributed by atoms with Crippen LogP contribution in [0.25, 0.3) is 0 Å². The molecule has 2 aromatic carbocycles. The number of hydrogen-bond donors (Lipinski definition) is 1. The molecule has 35 heavy (non-hydrogen) atoms. The van der Waals surface area contributed by atoms with Gasteiger partial charge in [0.1, 0.15) is 12.2 Å². The van der Waals surface area contributed by atoms with Crippen LogP contribution in [0.4, 0.5) is 4.79 Å². The summed E-state index contributed by atoms with van der Waals surface area (Å²) in [6.45, 7) is 5.16. The summed E-state index contributed by atoms with van der Waals surface area (Å²) in [6.07, 6.45) is -0.0372. The molecular formula is C26H32BrN5O3. The highest BCUT2D eigenvalue weighted by atomic mass is 79.9. The summed E-state index contributed by atoms with van der Waals surface area (Å²) < 4.78 is 0.939. The zero-order chi connectivity index (χ0) is 25.1. The van der Waals surface area contributed by atoms with E-state index in [0.29, 0.717) is 19.5 Å². The average Bonchev–Trinajstić information content (AvgIpc) is 2.80. The molecule has 2 fully saturated rings. The molecular weight excluding hydrogens is 510 g/mol. The first-order chi connectivity index (χ1) is 16.7. The highest BCUT2D eigenvalue weighted by Gasteiger charge is 2.50. The van der Waals surface area contributed by atoms with E-state index in [4.69, 9.17) is 0 Å². The van der Waals surface area contributed by atoms with Gasteiger partial charge in [-0.25, -0.2) is 14.8 Å². The predicted octanol–water partition coefficient (Wildman–Crippen LogP) is 3.43. The highest BCUT2D eigenvalue weighted by molar-refractivity contribution is 9.10. The van der Waals surface area contributed by atoms with Crippen LogP contribution in [0.3, 0.4) is 0 Å². The molecule has 1 N–H and O–H groups in total. The Bertz CT molecular complexity index is 1080. The summed E-state index contributed by atoms with van der Waals surface area (Å²) >= 11 is 3.50. The van der Waals surface area contributed by atoms with Gasteiger partial charge in [-0.15, -0.1) is 0 Å². The van der Waals surface area contributed by atoms with E-state index in [0.717, 1.165) is 15.6 Å². The fourth-order valence-electron chi connectivity index (χ4n) is 4.83. The second-order valence-corrected chi connectivity index (χ2v) is 10.5. The van der Waals surface area contributed by atoms with Crippen LogP contribution in [0.2, 0.25) is 0 Å². The minimum Gasteiger partial charge on any atom is -0.333 e. The van der Waals surface area contributed by atoms with Gasteiger partial charge >= 0.3 is 6.03 Å². The second-order valence-electron chi connectivity index (χ2n) is 9.58. The van der Waals surface area contributed by atoms with E-state index >= 15 is 0 Å². The number of carbonyl (C=O) groups is 3. The van der Waals surface area contributed by atoms with Gasteiger partial charge in [0, 0.05) is 24.6 Å². The molecule has 0 spiro atoms. The Morgan fingerprint density at radius 1 is 1.09 bits per heavy atom. The lowest BCUT2D eigenvalue weighted by molar-refractivity contribution is -0.188. The van der Waals surface area contributed by atoms with Gasteiger partial charge in [0.25, 0.3) is 0 Å². The number of hydrazine groups is 1. The van der Waals surface area contributed by atoms with E-state index in [9.17, 15) is 14.4 Å². The van der Waals surface area contributed by atoms with Crippen molar-refractivity contribution in [1.29, 1.82) is 0 Å². The Morgan fingerprint density at radius 3 is 2.49 bits per heavy atom. The lowest BCUT2D eigenvalue weighted by atomic mass is 9.96. The van der Waals surface area contributed by atoms with Crippen molar-refractivity contribution in [1.82, 2.24) is 25.1 Å². The van der Waals surface area contributed by atoms with Crippen LogP contribution in [0, 0.1) is 5.92 Å². The molecule has 4 rings (SSSR count). The quantitative estimate of drug-likeness (QED) is 0.607. The predicted molar refractivity (Wildman–Crippen MR) is 137 cm³/mol. The van der Waals surface area contributed by atoms with Gasteiger partial charge in [0.15, 0.2) is 0 Å². The minimum absolute atomic E-state index is 0.0444. The van der Waals surface area contributed by atoms with E-state index in [1.165, 1.54) is 0 Å². The third-order valence-corrected chi connectivity index (χ3v) is 6.88. The number of rotatable bonds is 6. The van der Waals surface area contributed by atoms with E-state index in [1.54, 1.807) is 26.9 Å². The normalized spacial score (nSPS) is 20.9. The number of nitrogens with one attached hydrogen (secondary N) is 1. The van der Waals surface area contributed by atoms with Gasteiger partial charge in [-0.05, 0) is 35.6 Å². The van der Waals surface area contributed by atoms with Crippen LogP contribution in [0.1, 0.15) is 31.4 Å². The van der Waals surface area contributed by atoms with Crippen LogP contribution in [-0.4, -0.2) is 70.0 Å². The van der Waals surface area contributed by atoms with Gasteiger partial charge in [0.05, 0.1) is 13.1 Å². The maximum absolute atomic E-state index is 13.6. The maximum Gasteiger partial charge on any atom is 0.334 e. The van der Waals surface area contributed by atoms with Gasteiger partial charge in [-0.3, -0.25) is 9.59 Å². The molecule has 0 aromatic heterocycles. The summed E-state index contributed by atoms with van der Waals surface area (Å²) in [5.41, 5.74) is 1.97. The van der Waals surface area contributed by atoms with Crippen LogP contribution >= 0.6 is 15.9 Å². The SMILES string of the molecule is CC(C)C[C@H]1C(=O)N(Cc2cccc(Br)c2)C[C@H]2N1C(=O)CN(C)N2C(=O)NCc1ccccc1. The Balaban J connectivity index is 1.61. The Morgan fingerprint density at radius 2 is 1.80 bits per heavy atom. The summed E-state index contributed by atoms with van der Waals surface area (Å²) in [5, 5.41) is 6.23. The average molecular weight is 542 g/mol. The number of hydrogen-bond acceptors (Lipinski definition) is 4. The van der Waals surface area contributed by atoms with Crippen molar-refractivity contribution in [2.24, 2.45) is 5.92 Å². The van der Waals surface area contributed by atoms with E-state index in [-0.39, 0.29) is 36.9 Å². The van der Waals surface area contributed by atoms with Crippen molar-refractivity contribution in [3.05, 3.63) is 70.2 Å². The van der Waals surface area contributed by atoms with Crippen LogP contribution in [-0.2, 0) is 22.7 Å². The summed E-state index contributed by atoms with van der Waals surface area (Å²) in [4.78, 5) is 43.6. The molecule has 0 saturated carbocycles. The summed E-state index contributed by atoms with van der Waals surface area (Å²) in [7, 11) is 1.74. The maximum atomic E-state index is 13.6. The van der Waals surface area contributed by atoms with Gasteiger partial charge in [0.2, 0.25) is 11.8 Å². The Labute approximate surface area is 214 Å². The molecule has 2 heterocycles. The largest absolute Gasteiger partial charge is 0.334 e. The fraction of sp³-hybridized carbons (Fsp3) is 0.423. The number of piperazine rings is 1. The third kappa shape index (κ3) is 5.67. The lowest BCUT2D eigenvalue weighted by Gasteiger charge is -2.54. The van der Waals surface area contributed by atoms with Crippen molar-refractivity contribution in [3.8, 4) is 0 Å². The van der Waals surface area contributed by atoms with Gasteiger partial charge in [-0.1, -0.05) is 72.2 Å². The first-order valence-electron chi connectivity index (χ1n) is 11.9. The molecule has 0 radical (unpaired) electrons. The monoisotopic (exact) mass is 541 g/mol. The van der Waals surface area contributed by atoms with Gasteiger partial charge < -0.3 is 15.1 Å². The lowest BCUT2D eigenvalue weighted by Crippen LogP contribution is -2.75.